The van der Waals surface area contributed by atoms with Crippen molar-refractivity contribution in [2.24, 2.45) is 0 Å². The first-order chi connectivity index (χ1) is 11.3. The molecule has 128 valence electrons. The summed E-state index contributed by atoms with van der Waals surface area (Å²) in [7, 11) is 0. The number of ether oxygens (including phenoxy) is 1. The van der Waals surface area contributed by atoms with Crippen LogP contribution in [0.2, 0.25) is 0 Å². The number of hydrogen-bond donors (Lipinski definition) is 0. The summed E-state index contributed by atoms with van der Waals surface area (Å²) >= 11 is 4.92. The van der Waals surface area contributed by atoms with Gasteiger partial charge in [-0.15, -0.1) is 11.8 Å². The number of fused-ring (bicyclic) bond motifs is 1. The van der Waals surface area contributed by atoms with Crippen molar-refractivity contribution in [2.75, 3.05) is 5.75 Å². The fourth-order valence-corrected chi connectivity index (χ4v) is 4.83. The minimum atomic E-state index is -0.881. The molecule has 1 amide bonds. The van der Waals surface area contributed by atoms with E-state index in [0.717, 1.165) is 10.9 Å². The molecule has 24 heavy (non-hydrogen) atoms. The number of carbonyl (C=O) groups is 3. The largest absolute Gasteiger partial charge is 0.453 e. The molecular formula is C17H18BrNO4S. The standard InChI is InChI=1S/C17H18BrNO4S/c1-10(15(21)11-3-5-12(18)6-4-11)23-16(22)13-9-24-17(2)8-7-14(20)19(13)17/h3-6,10,13H,7-9H2,1-2H3/t10-,13+,17-/m0/s1. The molecule has 5 nitrogen and oxygen atoms in total. The number of hydrogen-bond acceptors (Lipinski definition) is 5. The van der Waals surface area contributed by atoms with Gasteiger partial charge in [0.05, 0.1) is 4.87 Å². The molecule has 0 radical (unpaired) electrons. The van der Waals surface area contributed by atoms with Gasteiger partial charge < -0.3 is 9.64 Å². The summed E-state index contributed by atoms with van der Waals surface area (Å²) in [6, 6.07) is 6.30. The van der Waals surface area contributed by atoms with Gasteiger partial charge in [-0.25, -0.2) is 4.79 Å². The Morgan fingerprint density at radius 1 is 1.38 bits per heavy atom. The Labute approximate surface area is 153 Å². The second-order valence-electron chi connectivity index (χ2n) is 6.22. The van der Waals surface area contributed by atoms with Crippen molar-refractivity contribution in [3.63, 3.8) is 0 Å². The second-order valence-corrected chi connectivity index (χ2v) is 8.63. The molecule has 0 aliphatic carbocycles. The van der Waals surface area contributed by atoms with Crippen molar-refractivity contribution in [3.05, 3.63) is 34.3 Å². The highest BCUT2D eigenvalue weighted by Crippen LogP contribution is 2.47. The minimum absolute atomic E-state index is 0.0173. The summed E-state index contributed by atoms with van der Waals surface area (Å²) in [5.41, 5.74) is 0.487. The molecule has 0 bridgehead atoms. The minimum Gasteiger partial charge on any atom is -0.453 e. The van der Waals surface area contributed by atoms with Crippen molar-refractivity contribution in [2.45, 2.75) is 43.7 Å². The van der Waals surface area contributed by atoms with Gasteiger partial charge in [-0.05, 0) is 32.4 Å². The third-order valence-corrected chi connectivity index (χ3v) is 6.54. The molecule has 3 atom stereocenters. The van der Waals surface area contributed by atoms with E-state index in [2.05, 4.69) is 15.9 Å². The van der Waals surface area contributed by atoms with E-state index in [1.54, 1.807) is 47.9 Å². The van der Waals surface area contributed by atoms with Gasteiger partial charge >= 0.3 is 5.97 Å². The first-order valence-corrected chi connectivity index (χ1v) is 9.56. The quantitative estimate of drug-likeness (QED) is 0.562. The van der Waals surface area contributed by atoms with Crippen LogP contribution in [-0.4, -0.2) is 45.3 Å². The number of thioether (sulfide) groups is 1. The van der Waals surface area contributed by atoms with Crippen LogP contribution in [0.3, 0.4) is 0 Å². The van der Waals surface area contributed by atoms with Crippen molar-refractivity contribution < 1.29 is 19.1 Å². The normalized spacial score (nSPS) is 27.0. The van der Waals surface area contributed by atoms with Gasteiger partial charge in [-0.1, -0.05) is 28.1 Å². The molecule has 2 aliphatic heterocycles. The number of Topliss-reactive ketones (excluding diaryl/α,β-unsaturated/α-hetero) is 1. The Morgan fingerprint density at radius 3 is 2.71 bits per heavy atom. The Bertz CT molecular complexity index is 692. The Hall–Kier alpha value is -1.34. The number of rotatable bonds is 4. The third kappa shape index (κ3) is 3.11. The highest BCUT2D eigenvalue weighted by atomic mass is 79.9. The lowest BCUT2D eigenvalue weighted by Crippen LogP contribution is -2.47. The Kier molecular flexibility index (Phi) is 4.75. The summed E-state index contributed by atoms with van der Waals surface area (Å²) in [5, 5.41) is 0. The van der Waals surface area contributed by atoms with Crippen LogP contribution in [-0.2, 0) is 14.3 Å². The number of benzene rings is 1. The predicted octanol–water partition coefficient (Wildman–Crippen LogP) is 3.02. The number of esters is 1. The van der Waals surface area contributed by atoms with E-state index in [4.69, 9.17) is 4.74 Å². The molecule has 2 aliphatic rings. The highest BCUT2D eigenvalue weighted by Gasteiger charge is 2.53. The lowest BCUT2D eigenvalue weighted by molar-refractivity contribution is -0.155. The zero-order valence-corrected chi connectivity index (χ0v) is 15.9. The average Bonchev–Trinajstić information content (AvgIpc) is 3.04. The molecule has 0 unspecified atom stereocenters. The summed E-state index contributed by atoms with van der Waals surface area (Å²) in [6.45, 7) is 3.54. The molecule has 0 saturated carbocycles. The molecular weight excluding hydrogens is 394 g/mol. The molecule has 0 spiro atoms. The Balaban J connectivity index is 1.67. The van der Waals surface area contributed by atoms with Gasteiger partial charge in [0.25, 0.3) is 0 Å². The first kappa shape index (κ1) is 17.5. The second kappa shape index (κ2) is 6.52. The van der Waals surface area contributed by atoms with E-state index in [1.165, 1.54) is 0 Å². The van der Waals surface area contributed by atoms with Crippen molar-refractivity contribution in [3.8, 4) is 0 Å². The van der Waals surface area contributed by atoms with Crippen molar-refractivity contribution in [1.82, 2.24) is 4.90 Å². The van der Waals surface area contributed by atoms with Crippen LogP contribution in [0.5, 0.6) is 0 Å². The molecule has 2 fully saturated rings. The van der Waals surface area contributed by atoms with Crippen molar-refractivity contribution in [1.29, 1.82) is 0 Å². The zero-order chi connectivity index (χ0) is 17.5. The van der Waals surface area contributed by atoms with E-state index < -0.39 is 18.1 Å². The lowest BCUT2D eigenvalue weighted by Gasteiger charge is -2.29. The van der Waals surface area contributed by atoms with Gasteiger partial charge in [0, 0.05) is 22.2 Å². The lowest BCUT2D eigenvalue weighted by atomic mass is 10.1. The van der Waals surface area contributed by atoms with E-state index in [-0.39, 0.29) is 16.6 Å². The van der Waals surface area contributed by atoms with Gasteiger partial charge in [-0.3, -0.25) is 9.59 Å². The Morgan fingerprint density at radius 2 is 2.04 bits per heavy atom. The van der Waals surface area contributed by atoms with Crippen molar-refractivity contribution >= 4 is 45.4 Å². The molecule has 7 heteroatoms. The van der Waals surface area contributed by atoms with E-state index in [9.17, 15) is 14.4 Å². The fourth-order valence-electron chi connectivity index (χ4n) is 3.15. The number of carbonyl (C=O) groups excluding carboxylic acids is 3. The zero-order valence-electron chi connectivity index (χ0n) is 13.5. The van der Waals surface area contributed by atoms with Crippen LogP contribution in [0.25, 0.3) is 0 Å². The predicted molar refractivity (Wildman–Crippen MR) is 94.8 cm³/mol. The van der Waals surface area contributed by atoms with Crippen LogP contribution in [0.1, 0.15) is 37.0 Å². The van der Waals surface area contributed by atoms with Gasteiger partial charge in [0.2, 0.25) is 11.7 Å². The number of nitrogens with zero attached hydrogens (tertiary/aromatic N) is 1. The highest BCUT2D eigenvalue weighted by molar-refractivity contribution is 9.10. The van der Waals surface area contributed by atoms with Gasteiger partial charge in [0.15, 0.2) is 6.10 Å². The molecule has 1 aromatic rings. The van der Waals surface area contributed by atoms with Crippen LogP contribution < -0.4 is 0 Å². The van der Waals surface area contributed by atoms with Crippen LogP contribution in [0.15, 0.2) is 28.7 Å². The number of amides is 1. The molecule has 0 N–H and O–H groups in total. The molecule has 1 aromatic carbocycles. The fraction of sp³-hybridized carbons (Fsp3) is 0.471. The van der Waals surface area contributed by atoms with Crippen LogP contribution >= 0.6 is 27.7 Å². The maximum Gasteiger partial charge on any atom is 0.330 e. The smallest absolute Gasteiger partial charge is 0.330 e. The van der Waals surface area contributed by atoms with E-state index in [1.807, 2.05) is 6.92 Å². The maximum absolute atomic E-state index is 12.5. The molecule has 2 saturated heterocycles. The summed E-state index contributed by atoms with van der Waals surface area (Å²) in [5.74, 6) is -0.256. The summed E-state index contributed by atoms with van der Waals surface area (Å²) < 4.78 is 6.25. The number of halogens is 1. The van der Waals surface area contributed by atoms with E-state index >= 15 is 0 Å². The summed E-state index contributed by atoms with van der Waals surface area (Å²) in [4.78, 5) is 38.3. The van der Waals surface area contributed by atoms with Gasteiger partial charge in [-0.2, -0.15) is 0 Å². The van der Waals surface area contributed by atoms with Crippen LogP contribution in [0.4, 0.5) is 0 Å². The first-order valence-electron chi connectivity index (χ1n) is 7.78. The maximum atomic E-state index is 12.5. The average molecular weight is 412 g/mol. The third-order valence-electron chi connectivity index (χ3n) is 4.51. The number of ketones is 1. The van der Waals surface area contributed by atoms with E-state index in [0.29, 0.717) is 17.7 Å². The van der Waals surface area contributed by atoms with Crippen LogP contribution in [0, 0.1) is 0 Å². The SMILES string of the molecule is C[C@H](OC(=O)[C@H]1CS[C@@]2(C)CCC(=O)N12)C(=O)c1ccc(Br)cc1. The monoisotopic (exact) mass is 411 g/mol. The molecule has 0 aromatic heterocycles. The van der Waals surface area contributed by atoms with Gasteiger partial charge in [0.1, 0.15) is 6.04 Å². The molecule has 3 rings (SSSR count). The molecule has 2 heterocycles. The topological polar surface area (TPSA) is 63.7 Å². The summed E-state index contributed by atoms with van der Waals surface area (Å²) in [6.07, 6.45) is 0.321.